The first-order chi connectivity index (χ1) is 10.2. The number of hydrogen-bond donors (Lipinski definition) is 1. The molecule has 0 bridgehead atoms. The van der Waals surface area contributed by atoms with Crippen LogP contribution in [-0.4, -0.2) is 36.6 Å². The van der Waals surface area contributed by atoms with Crippen LogP contribution in [0.5, 0.6) is 0 Å². The molecule has 1 saturated heterocycles. The Morgan fingerprint density at radius 3 is 2.76 bits per heavy atom. The van der Waals surface area contributed by atoms with Crippen LogP contribution in [0.4, 0.5) is 0 Å². The zero-order valence-corrected chi connectivity index (χ0v) is 12.9. The molecule has 1 aromatic rings. The Kier molecular flexibility index (Phi) is 4.00. The molecule has 21 heavy (non-hydrogen) atoms. The van der Waals surface area contributed by atoms with Gasteiger partial charge in [0.2, 0.25) is 5.91 Å². The van der Waals surface area contributed by atoms with Gasteiger partial charge >= 0.3 is 0 Å². The molecule has 2 aliphatic rings. The molecule has 1 heterocycles. The summed E-state index contributed by atoms with van der Waals surface area (Å²) in [6.07, 6.45) is 3.96. The molecular weight excluding hydrogens is 264 g/mol. The van der Waals surface area contributed by atoms with Crippen LogP contribution in [0, 0.1) is 6.92 Å². The number of carbonyl (C=O) groups excluding carboxylic acids is 1. The number of benzene rings is 1. The van der Waals surface area contributed by atoms with E-state index in [-0.39, 0.29) is 17.6 Å². The normalized spacial score (nSPS) is 23.0. The first-order valence-corrected chi connectivity index (χ1v) is 7.81. The summed E-state index contributed by atoms with van der Waals surface area (Å²) in [4.78, 5) is 14.7. The smallest absolute Gasteiger partial charge is 0.244 e. The van der Waals surface area contributed by atoms with Gasteiger partial charge in [-0.1, -0.05) is 24.3 Å². The Morgan fingerprint density at radius 1 is 1.33 bits per heavy atom. The van der Waals surface area contributed by atoms with Crippen LogP contribution in [-0.2, 0) is 9.53 Å². The van der Waals surface area contributed by atoms with Crippen molar-refractivity contribution in [3.8, 4) is 0 Å². The number of nitrogens with zero attached hydrogens (tertiary/aromatic N) is 1. The average molecular weight is 288 g/mol. The van der Waals surface area contributed by atoms with E-state index in [0.29, 0.717) is 0 Å². The van der Waals surface area contributed by atoms with Crippen LogP contribution >= 0.6 is 0 Å². The molecule has 1 spiro atoms. The standard InChI is InChI=1S/C17H24N2O2/c1-13-7-3-4-8-14(13)15-18-17(9-10-17)16(20)19(15)11-5-6-12-21-2/h3-4,7-8,15,18H,5-6,9-12H2,1-2H3. The molecule has 4 heteroatoms. The first kappa shape index (κ1) is 14.5. The number of amides is 1. The molecule has 1 aliphatic carbocycles. The summed E-state index contributed by atoms with van der Waals surface area (Å²) in [6, 6.07) is 8.34. The molecule has 0 radical (unpaired) electrons. The van der Waals surface area contributed by atoms with E-state index in [1.807, 2.05) is 11.0 Å². The fourth-order valence-corrected chi connectivity index (χ4v) is 3.18. The molecule has 4 nitrogen and oxygen atoms in total. The van der Waals surface area contributed by atoms with Crippen molar-refractivity contribution in [2.45, 2.75) is 44.3 Å². The van der Waals surface area contributed by atoms with Gasteiger partial charge in [0.15, 0.2) is 0 Å². The second kappa shape index (κ2) is 5.78. The van der Waals surface area contributed by atoms with Crippen molar-refractivity contribution in [2.75, 3.05) is 20.3 Å². The van der Waals surface area contributed by atoms with Gasteiger partial charge in [-0.15, -0.1) is 0 Å². The van der Waals surface area contributed by atoms with E-state index >= 15 is 0 Å². The number of rotatable bonds is 6. The Hall–Kier alpha value is -1.39. The van der Waals surface area contributed by atoms with Crippen LogP contribution < -0.4 is 5.32 Å². The Labute approximate surface area is 126 Å². The van der Waals surface area contributed by atoms with Crippen molar-refractivity contribution in [3.05, 3.63) is 35.4 Å². The second-order valence-electron chi connectivity index (χ2n) is 6.18. The van der Waals surface area contributed by atoms with Crippen LogP contribution in [0.25, 0.3) is 0 Å². The van der Waals surface area contributed by atoms with Gasteiger partial charge in [0.25, 0.3) is 0 Å². The van der Waals surface area contributed by atoms with Crippen molar-refractivity contribution >= 4 is 5.91 Å². The lowest BCUT2D eigenvalue weighted by Crippen LogP contribution is -2.33. The summed E-state index contributed by atoms with van der Waals surface area (Å²) < 4.78 is 5.10. The number of unbranched alkanes of at least 4 members (excludes halogenated alkanes) is 1. The molecule has 1 atom stereocenters. The first-order valence-electron chi connectivity index (χ1n) is 7.81. The number of ether oxygens (including phenoxy) is 1. The van der Waals surface area contributed by atoms with Crippen LogP contribution in [0.3, 0.4) is 0 Å². The lowest BCUT2D eigenvalue weighted by molar-refractivity contribution is -0.131. The molecule has 1 saturated carbocycles. The summed E-state index contributed by atoms with van der Waals surface area (Å²) in [7, 11) is 1.72. The van der Waals surface area contributed by atoms with Gasteiger partial charge in [0.05, 0.1) is 0 Å². The summed E-state index contributed by atoms with van der Waals surface area (Å²) in [5, 5.41) is 3.58. The SMILES string of the molecule is COCCCCN1C(=O)C2(CC2)NC1c1ccccc1C. The van der Waals surface area contributed by atoms with Gasteiger partial charge in [-0.3, -0.25) is 10.1 Å². The van der Waals surface area contributed by atoms with Crippen molar-refractivity contribution in [2.24, 2.45) is 0 Å². The fourth-order valence-electron chi connectivity index (χ4n) is 3.18. The molecule has 2 fully saturated rings. The van der Waals surface area contributed by atoms with Gasteiger partial charge in [0.1, 0.15) is 11.7 Å². The summed E-state index contributed by atoms with van der Waals surface area (Å²) in [6.45, 7) is 3.67. The molecule has 1 aromatic carbocycles. The summed E-state index contributed by atoms with van der Waals surface area (Å²) in [5.41, 5.74) is 2.21. The molecule has 1 N–H and O–H groups in total. The molecule has 3 rings (SSSR count). The topological polar surface area (TPSA) is 41.6 Å². The van der Waals surface area contributed by atoms with E-state index in [1.54, 1.807) is 7.11 Å². The lowest BCUT2D eigenvalue weighted by Gasteiger charge is -2.25. The van der Waals surface area contributed by atoms with Crippen LogP contribution in [0.1, 0.15) is 43.0 Å². The van der Waals surface area contributed by atoms with E-state index in [9.17, 15) is 4.79 Å². The van der Waals surface area contributed by atoms with Gasteiger partial charge in [-0.2, -0.15) is 0 Å². The minimum Gasteiger partial charge on any atom is -0.385 e. The maximum Gasteiger partial charge on any atom is 0.244 e. The minimum absolute atomic E-state index is 0.0312. The molecule has 1 amide bonds. The number of nitrogens with one attached hydrogen (secondary N) is 1. The number of aryl methyl sites for hydroxylation is 1. The quantitative estimate of drug-likeness (QED) is 0.817. The monoisotopic (exact) mass is 288 g/mol. The second-order valence-corrected chi connectivity index (χ2v) is 6.18. The van der Waals surface area contributed by atoms with Crippen molar-refractivity contribution in [1.29, 1.82) is 0 Å². The fraction of sp³-hybridized carbons (Fsp3) is 0.588. The van der Waals surface area contributed by atoms with Crippen LogP contribution in [0.15, 0.2) is 24.3 Å². The van der Waals surface area contributed by atoms with E-state index in [0.717, 1.165) is 38.8 Å². The van der Waals surface area contributed by atoms with Crippen molar-refractivity contribution in [3.63, 3.8) is 0 Å². The number of methoxy groups -OCH3 is 1. The maximum absolute atomic E-state index is 12.7. The van der Waals surface area contributed by atoms with E-state index in [4.69, 9.17) is 4.74 Å². The zero-order valence-electron chi connectivity index (χ0n) is 12.9. The zero-order chi connectivity index (χ0) is 14.9. The highest BCUT2D eigenvalue weighted by Crippen LogP contribution is 2.46. The third-order valence-corrected chi connectivity index (χ3v) is 4.63. The van der Waals surface area contributed by atoms with Crippen molar-refractivity contribution in [1.82, 2.24) is 10.2 Å². The van der Waals surface area contributed by atoms with E-state index < -0.39 is 0 Å². The highest BCUT2D eigenvalue weighted by Gasteiger charge is 2.59. The molecule has 1 unspecified atom stereocenters. The molecule has 114 valence electrons. The summed E-state index contributed by atoms with van der Waals surface area (Å²) >= 11 is 0. The van der Waals surface area contributed by atoms with Gasteiger partial charge in [0, 0.05) is 20.3 Å². The van der Waals surface area contributed by atoms with Gasteiger partial charge in [-0.05, 0) is 43.7 Å². The van der Waals surface area contributed by atoms with Gasteiger partial charge < -0.3 is 9.64 Å². The predicted molar refractivity (Wildman–Crippen MR) is 81.8 cm³/mol. The predicted octanol–water partition coefficient (Wildman–Crippen LogP) is 2.38. The molecule has 1 aliphatic heterocycles. The maximum atomic E-state index is 12.7. The minimum atomic E-state index is -0.256. The average Bonchev–Trinajstić information content (AvgIpc) is 3.21. The number of hydrogen-bond acceptors (Lipinski definition) is 3. The number of carbonyl (C=O) groups is 1. The highest BCUT2D eigenvalue weighted by molar-refractivity contribution is 5.92. The third kappa shape index (κ3) is 2.70. The largest absolute Gasteiger partial charge is 0.385 e. The highest BCUT2D eigenvalue weighted by atomic mass is 16.5. The Bertz CT molecular complexity index is 525. The molecular formula is C17H24N2O2. The van der Waals surface area contributed by atoms with Crippen molar-refractivity contribution < 1.29 is 9.53 Å². The van der Waals surface area contributed by atoms with Gasteiger partial charge in [-0.25, -0.2) is 0 Å². The third-order valence-electron chi connectivity index (χ3n) is 4.63. The lowest BCUT2D eigenvalue weighted by atomic mass is 10.1. The molecule has 0 aromatic heterocycles. The Morgan fingerprint density at radius 2 is 2.10 bits per heavy atom. The van der Waals surface area contributed by atoms with E-state index in [2.05, 4.69) is 30.4 Å². The summed E-state index contributed by atoms with van der Waals surface area (Å²) in [5.74, 6) is 0.285. The Balaban J connectivity index is 1.77. The van der Waals surface area contributed by atoms with Crippen LogP contribution in [0.2, 0.25) is 0 Å². The van der Waals surface area contributed by atoms with E-state index in [1.165, 1.54) is 11.1 Å².